The minimum Gasteiger partial charge on any atom is -0.396 e. The third-order valence-corrected chi connectivity index (χ3v) is 2.18. The molecular weight excluding hydrogens is 171 g/mol. The number of halogens is 1. The number of benzene rings is 1. The quantitative estimate of drug-likeness (QED) is 0.577. The summed E-state index contributed by atoms with van der Waals surface area (Å²) < 4.78 is 13.4. The molecule has 3 nitrogen and oxygen atoms in total. The van der Waals surface area contributed by atoms with Crippen LogP contribution in [0.3, 0.4) is 0 Å². The molecule has 1 amide bonds. The molecule has 0 aliphatic carbocycles. The molecular formula is C9H9FN2O. The van der Waals surface area contributed by atoms with Crippen molar-refractivity contribution in [2.75, 3.05) is 12.3 Å². The van der Waals surface area contributed by atoms with Gasteiger partial charge in [0.15, 0.2) is 0 Å². The van der Waals surface area contributed by atoms with E-state index in [4.69, 9.17) is 5.73 Å². The van der Waals surface area contributed by atoms with Crippen molar-refractivity contribution < 1.29 is 9.18 Å². The largest absolute Gasteiger partial charge is 0.396 e. The van der Waals surface area contributed by atoms with E-state index >= 15 is 0 Å². The van der Waals surface area contributed by atoms with Gasteiger partial charge in [0.25, 0.3) is 5.91 Å². The molecule has 1 aliphatic heterocycles. The van der Waals surface area contributed by atoms with Crippen molar-refractivity contribution in [2.24, 2.45) is 0 Å². The van der Waals surface area contributed by atoms with E-state index in [2.05, 4.69) is 5.32 Å². The number of anilines is 1. The first-order valence-corrected chi connectivity index (χ1v) is 4.05. The lowest BCUT2D eigenvalue weighted by Crippen LogP contribution is -2.32. The number of rotatable bonds is 0. The molecule has 1 aromatic carbocycles. The number of nitrogens with one attached hydrogen (secondary N) is 1. The van der Waals surface area contributed by atoms with Gasteiger partial charge in [0.2, 0.25) is 0 Å². The van der Waals surface area contributed by atoms with Crippen LogP contribution >= 0.6 is 0 Å². The molecule has 2 rings (SSSR count). The van der Waals surface area contributed by atoms with Gasteiger partial charge < -0.3 is 11.1 Å². The molecule has 0 spiro atoms. The van der Waals surface area contributed by atoms with E-state index in [1.54, 1.807) is 6.07 Å². The molecule has 0 fully saturated rings. The van der Waals surface area contributed by atoms with Crippen LogP contribution in [-0.4, -0.2) is 12.5 Å². The van der Waals surface area contributed by atoms with E-state index in [0.29, 0.717) is 24.1 Å². The summed E-state index contributed by atoms with van der Waals surface area (Å²) in [7, 11) is 0. The molecule has 3 N–H and O–H groups in total. The third-order valence-electron chi connectivity index (χ3n) is 2.18. The van der Waals surface area contributed by atoms with Gasteiger partial charge in [0.1, 0.15) is 5.82 Å². The molecule has 0 aromatic heterocycles. The Morgan fingerprint density at radius 3 is 3.00 bits per heavy atom. The summed E-state index contributed by atoms with van der Waals surface area (Å²) in [6, 6.07) is 2.97. The Morgan fingerprint density at radius 2 is 2.23 bits per heavy atom. The fourth-order valence-corrected chi connectivity index (χ4v) is 1.49. The molecule has 68 valence electrons. The summed E-state index contributed by atoms with van der Waals surface area (Å²) >= 11 is 0. The van der Waals surface area contributed by atoms with Crippen molar-refractivity contribution in [3.8, 4) is 0 Å². The summed E-state index contributed by atoms with van der Waals surface area (Å²) in [6.07, 6.45) is 0.512. The van der Waals surface area contributed by atoms with Gasteiger partial charge in [-0.2, -0.15) is 0 Å². The molecule has 0 unspecified atom stereocenters. The van der Waals surface area contributed by atoms with Gasteiger partial charge in [-0.05, 0) is 18.6 Å². The molecule has 0 atom stereocenters. The first kappa shape index (κ1) is 8.04. The van der Waals surface area contributed by atoms with Crippen molar-refractivity contribution in [1.82, 2.24) is 5.32 Å². The van der Waals surface area contributed by atoms with Crippen LogP contribution in [-0.2, 0) is 6.42 Å². The number of hydrogen-bond donors (Lipinski definition) is 2. The van der Waals surface area contributed by atoms with Crippen LogP contribution in [0, 0.1) is 5.82 Å². The van der Waals surface area contributed by atoms with E-state index in [9.17, 15) is 9.18 Å². The van der Waals surface area contributed by atoms with Crippen LogP contribution in [0.15, 0.2) is 12.1 Å². The predicted molar refractivity (Wildman–Crippen MR) is 46.8 cm³/mol. The minimum absolute atomic E-state index is 0.105. The normalized spacial score (nSPS) is 15.0. The first-order chi connectivity index (χ1) is 6.20. The minimum atomic E-state index is -0.452. The highest BCUT2D eigenvalue weighted by atomic mass is 19.1. The zero-order chi connectivity index (χ0) is 9.42. The molecule has 1 heterocycles. The van der Waals surface area contributed by atoms with E-state index in [1.165, 1.54) is 6.07 Å². The summed E-state index contributed by atoms with van der Waals surface area (Å²) in [5.74, 6) is -0.674. The number of nitrogen functional groups attached to an aromatic ring is 1. The van der Waals surface area contributed by atoms with Gasteiger partial charge in [-0.3, -0.25) is 4.79 Å². The van der Waals surface area contributed by atoms with Crippen LogP contribution in [0.2, 0.25) is 0 Å². The van der Waals surface area contributed by atoms with Gasteiger partial charge in [0, 0.05) is 17.7 Å². The average Bonchev–Trinajstić information content (AvgIpc) is 2.12. The van der Waals surface area contributed by atoms with Crippen LogP contribution < -0.4 is 11.1 Å². The Kier molecular flexibility index (Phi) is 1.69. The Balaban J connectivity index is 2.63. The van der Waals surface area contributed by atoms with Gasteiger partial charge in [-0.25, -0.2) is 4.39 Å². The second-order valence-corrected chi connectivity index (χ2v) is 3.00. The van der Waals surface area contributed by atoms with Gasteiger partial charge >= 0.3 is 0 Å². The highest BCUT2D eigenvalue weighted by Gasteiger charge is 2.20. The zero-order valence-electron chi connectivity index (χ0n) is 6.93. The second-order valence-electron chi connectivity index (χ2n) is 3.00. The highest BCUT2D eigenvalue weighted by molar-refractivity contribution is 5.97. The van der Waals surface area contributed by atoms with Crippen molar-refractivity contribution >= 4 is 11.6 Å². The maximum Gasteiger partial charge on any atom is 0.251 e. The van der Waals surface area contributed by atoms with E-state index in [-0.39, 0.29) is 11.6 Å². The zero-order valence-corrected chi connectivity index (χ0v) is 6.93. The molecule has 0 saturated carbocycles. The maximum atomic E-state index is 13.4. The highest BCUT2D eigenvalue weighted by Crippen LogP contribution is 2.21. The van der Waals surface area contributed by atoms with Crippen molar-refractivity contribution in [1.29, 1.82) is 0 Å². The molecule has 1 aromatic rings. The fourth-order valence-electron chi connectivity index (χ4n) is 1.49. The van der Waals surface area contributed by atoms with Gasteiger partial charge in [0.05, 0.1) is 5.69 Å². The number of carbonyl (C=O) groups is 1. The monoisotopic (exact) mass is 180 g/mol. The lowest BCUT2D eigenvalue weighted by Gasteiger charge is -2.17. The van der Waals surface area contributed by atoms with Crippen LogP contribution in [0.5, 0.6) is 0 Å². The Morgan fingerprint density at radius 1 is 1.46 bits per heavy atom. The van der Waals surface area contributed by atoms with Gasteiger partial charge in [-0.15, -0.1) is 0 Å². The molecule has 0 saturated heterocycles. The van der Waals surface area contributed by atoms with E-state index in [1.807, 2.05) is 0 Å². The van der Waals surface area contributed by atoms with Crippen molar-refractivity contribution in [3.05, 3.63) is 29.1 Å². The predicted octanol–water partition coefficient (Wildman–Crippen LogP) is 0.694. The fraction of sp³-hybridized carbons (Fsp3) is 0.222. The summed E-state index contributed by atoms with van der Waals surface area (Å²) in [5, 5.41) is 2.64. The van der Waals surface area contributed by atoms with Crippen LogP contribution in [0.4, 0.5) is 10.1 Å². The molecule has 4 heteroatoms. The SMILES string of the molecule is Nc1ccc2c(c1F)CCNC2=O. The third kappa shape index (κ3) is 1.14. The number of hydrogen-bond acceptors (Lipinski definition) is 2. The number of carbonyl (C=O) groups excluding carboxylic acids is 1. The lowest BCUT2D eigenvalue weighted by molar-refractivity contribution is 0.0945. The standard InChI is InChI=1S/C9H9FN2O/c10-8-5-3-4-12-9(13)6(5)1-2-7(8)11/h1-2H,3-4,11H2,(H,12,13). The first-order valence-electron chi connectivity index (χ1n) is 4.05. The summed E-state index contributed by atoms with van der Waals surface area (Å²) in [4.78, 5) is 11.2. The molecule has 0 bridgehead atoms. The second kappa shape index (κ2) is 2.73. The maximum absolute atomic E-state index is 13.4. The average molecular weight is 180 g/mol. The molecule has 13 heavy (non-hydrogen) atoms. The number of nitrogens with two attached hydrogens (primary N) is 1. The number of fused-ring (bicyclic) bond motifs is 1. The summed E-state index contributed by atoms with van der Waals surface area (Å²) in [6.45, 7) is 0.478. The lowest BCUT2D eigenvalue weighted by atomic mass is 9.99. The smallest absolute Gasteiger partial charge is 0.251 e. The topological polar surface area (TPSA) is 55.1 Å². The Bertz CT molecular complexity index is 376. The van der Waals surface area contributed by atoms with Crippen molar-refractivity contribution in [2.45, 2.75) is 6.42 Å². The molecule has 0 radical (unpaired) electrons. The van der Waals surface area contributed by atoms with Gasteiger partial charge in [-0.1, -0.05) is 0 Å². The van der Waals surface area contributed by atoms with E-state index in [0.717, 1.165) is 0 Å². The van der Waals surface area contributed by atoms with E-state index < -0.39 is 5.82 Å². The number of amides is 1. The Hall–Kier alpha value is -1.58. The Labute approximate surface area is 74.7 Å². The van der Waals surface area contributed by atoms with Crippen LogP contribution in [0.25, 0.3) is 0 Å². The van der Waals surface area contributed by atoms with Crippen LogP contribution in [0.1, 0.15) is 15.9 Å². The molecule has 1 aliphatic rings. The van der Waals surface area contributed by atoms with Crippen molar-refractivity contribution in [3.63, 3.8) is 0 Å². The summed E-state index contributed by atoms with van der Waals surface area (Å²) in [5.41, 5.74) is 6.32.